The van der Waals surface area contributed by atoms with E-state index in [9.17, 15) is 9.90 Å². The Kier molecular flexibility index (Phi) is 3.07. The quantitative estimate of drug-likeness (QED) is 0.837. The van der Waals surface area contributed by atoms with Crippen molar-refractivity contribution in [2.24, 2.45) is 0 Å². The molecule has 0 unspecified atom stereocenters. The van der Waals surface area contributed by atoms with Gasteiger partial charge in [-0.2, -0.15) is 0 Å². The average molecular weight is 357 g/mol. The molecule has 2 fully saturated rings. The van der Waals surface area contributed by atoms with E-state index in [1.165, 1.54) is 5.56 Å². The minimum atomic E-state index is -0.544. The molecule has 0 radical (unpaired) electrons. The van der Waals surface area contributed by atoms with Gasteiger partial charge in [0.15, 0.2) is 23.4 Å². The second-order valence-corrected chi connectivity index (χ2v) is 9.44. The molecule has 1 N–H and O–H groups in total. The van der Waals surface area contributed by atoms with Crippen molar-refractivity contribution < 1.29 is 19.4 Å². The number of piperidine rings is 1. The Balaban J connectivity index is 1.84. The van der Waals surface area contributed by atoms with Gasteiger partial charge >= 0.3 is 0 Å². The molecule has 5 nitrogen and oxygen atoms in total. The zero-order valence-electron chi connectivity index (χ0n) is 16.0. The summed E-state index contributed by atoms with van der Waals surface area (Å²) in [5.74, 6) is 0.805. The lowest BCUT2D eigenvalue weighted by atomic mass is 9.48. The van der Waals surface area contributed by atoms with Crippen molar-refractivity contribution in [2.75, 3.05) is 13.6 Å². The van der Waals surface area contributed by atoms with E-state index in [2.05, 4.69) is 32.7 Å². The highest BCUT2D eigenvalue weighted by Crippen LogP contribution is 2.66. The number of ether oxygens (including phenoxy) is 2. The monoisotopic (exact) mass is 357 g/mol. The summed E-state index contributed by atoms with van der Waals surface area (Å²) in [4.78, 5) is 15.3. The number of ketones is 1. The minimum Gasteiger partial charge on any atom is -0.504 e. The third-order valence-corrected chi connectivity index (χ3v) is 6.97. The van der Waals surface area contributed by atoms with Gasteiger partial charge in [-0.3, -0.25) is 4.79 Å². The SMILES string of the molecule is CN1CC[C@]23c4c5ccc(O)c4O[C@H]2C(=O)CC[C@@]3(OC(C)(C)C)[C@H]1C5. The summed E-state index contributed by atoms with van der Waals surface area (Å²) >= 11 is 0. The summed E-state index contributed by atoms with van der Waals surface area (Å²) in [5.41, 5.74) is 0.951. The first-order valence-corrected chi connectivity index (χ1v) is 9.65. The molecule has 2 aliphatic heterocycles. The van der Waals surface area contributed by atoms with Gasteiger partial charge in [-0.15, -0.1) is 0 Å². The van der Waals surface area contributed by atoms with Crippen LogP contribution in [0, 0.1) is 0 Å². The number of carbonyl (C=O) groups is 1. The maximum Gasteiger partial charge on any atom is 0.174 e. The Hall–Kier alpha value is -1.59. The van der Waals surface area contributed by atoms with Crippen molar-refractivity contribution in [1.82, 2.24) is 4.90 Å². The number of rotatable bonds is 1. The third kappa shape index (κ3) is 1.76. The lowest BCUT2D eigenvalue weighted by Gasteiger charge is -2.65. The van der Waals surface area contributed by atoms with Crippen LogP contribution in [-0.4, -0.2) is 52.7 Å². The van der Waals surface area contributed by atoms with E-state index in [0.717, 1.165) is 24.9 Å². The Morgan fingerprint density at radius 1 is 1.31 bits per heavy atom. The van der Waals surface area contributed by atoms with Gasteiger partial charge in [0.2, 0.25) is 0 Å². The number of phenols is 1. The maximum absolute atomic E-state index is 12.9. The fourth-order valence-corrected chi connectivity index (χ4v) is 6.26. The van der Waals surface area contributed by atoms with E-state index in [1.54, 1.807) is 6.07 Å². The highest BCUT2D eigenvalue weighted by Gasteiger charge is 2.74. The van der Waals surface area contributed by atoms with Crippen LogP contribution in [0.2, 0.25) is 0 Å². The predicted octanol–water partition coefficient (Wildman–Crippen LogP) is 2.57. The number of Topliss-reactive ketones (excluding diaryl/α,β-unsaturated/α-hetero) is 1. The minimum absolute atomic E-state index is 0.141. The molecule has 5 rings (SSSR count). The summed E-state index contributed by atoms with van der Waals surface area (Å²) < 4.78 is 13.1. The number of hydrogen-bond donors (Lipinski definition) is 1. The largest absolute Gasteiger partial charge is 0.504 e. The smallest absolute Gasteiger partial charge is 0.174 e. The van der Waals surface area contributed by atoms with E-state index in [4.69, 9.17) is 9.47 Å². The van der Waals surface area contributed by atoms with E-state index >= 15 is 0 Å². The number of aromatic hydroxyl groups is 1. The summed E-state index contributed by atoms with van der Waals surface area (Å²) in [6.45, 7) is 7.18. The number of nitrogens with zero attached hydrogens (tertiary/aromatic N) is 1. The van der Waals surface area contributed by atoms with Crippen LogP contribution in [0.5, 0.6) is 11.5 Å². The average Bonchev–Trinajstić information content (AvgIpc) is 2.91. The van der Waals surface area contributed by atoms with Gasteiger partial charge in [0.05, 0.1) is 16.6 Å². The van der Waals surface area contributed by atoms with Crippen LogP contribution < -0.4 is 4.74 Å². The van der Waals surface area contributed by atoms with Gasteiger partial charge in [0.1, 0.15) is 0 Å². The molecule has 2 heterocycles. The number of benzene rings is 1. The summed E-state index contributed by atoms with van der Waals surface area (Å²) in [5, 5.41) is 10.5. The molecule has 1 saturated heterocycles. The van der Waals surface area contributed by atoms with Crippen LogP contribution in [0.25, 0.3) is 0 Å². The Morgan fingerprint density at radius 2 is 2.08 bits per heavy atom. The van der Waals surface area contributed by atoms with E-state index in [-0.39, 0.29) is 23.2 Å². The van der Waals surface area contributed by atoms with Crippen molar-refractivity contribution in [2.45, 2.75) is 75.2 Å². The number of hydrogen-bond acceptors (Lipinski definition) is 5. The molecular weight excluding hydrogens is 330 g/mol. The Bertz CT molecular complexity index is 813. The third-order valence-electron chi connectivity index (χ3n) is 6.97. The topological polar surface area (TPSA) is 59.0 Å². The van der Waals surface area contributed by atoms with Gasteiger partial charge in [0, 0.05) is 18.0 Å². The number of likely N-dealkylation sites (N-methyl/N-ethyl adjacent to an activating group) is 1. The first-order valence-electron chi connectivity index (χ1n) is 9.65. The van der Waals surface area contributed by atoms with Gasteiger partial charge in [0.25, 0.3) is 0 Å². The van der Waals surface area contributed by atoms with Crippen molar-refractivity contribution in [3.8, 4) is 11.5 Å². The van der Waals surface area contributed by atoms with Crippen molar-refractivity contribution in [3.05, 3.63) is 23.3 Å². The second kappa shape index (κ2) is 4.82. The zero-order chi connectivity index (χ0) is 18.5. The van der Waals surface area contributed by atoms with Crippen LogP contribution in [0.15, 0.2) is 12.1 Å². The molecule has 1 aromatic rings. The first kappa shape index (κ1) is 16.6. The van der Waals surface area contributed by atoms with E-state index in [1.807, 2.05) is 6.07 Å². The van der Waals surface area contributed by atoms with Crippen molar-refractivity contribution in [1.29, 1.82) is 0 Å². The fourth-order valence-electron chi connectivity index (χ4n) is 6.26. The predicted molar refractivity (Wildman–Crippen MR) is 96.7 cm³/mol. The lowest BCUT2D eigenvalue weighted by molar-refractivity contribution is -0.246. The van der Waals surface area contributed by atoms with Crippen LogP contribution in [0.4, 0.5) is 0 Å². The zero-order valence-corrected chi connectivity index (χ0v) is 16.0. The first-order chi connectivity index (χ1) is 12.2. The molecule has 2 aliphatic carbocycles. The normalized spacial score (nSPS) is 38.1. The van der Waals surface area contributed by atoms with Crippen LogP contribution in [0.3, 0.4) is 0 Å². The van der Waals surface area contributed by atoms with Crippen LogP contribution >= 0.6 is 0 Å². The molecule has 2 bridgehead atoms. The number of phenolic OH excluding ortho intramolecular Hbond substituents is 1. The Morgan fingerprint density at radius 3 is 2.81 bits per heavy atom. The lowest BCUT2D eigenvalue weighted by Crippen LogP contribution is -2.77. The van der Waals surface area contributed by atoms with Gasteiger partial charge < -0.3 is 19.5 Å². The number of carbonyl (C=O) groups excluding carboxylic acids is 1. The van der Waals surface area contributed by atoms with Gasteiger partial charge in [-0.05, 0) is 65.3 Å². The summed E-state index contributed by atoms with van der Waals surface area (Å²) in [7, 11) is 2.17. The molecule has 4 aliphatic rings. The standard InChI is InChI=1S/C21H27NO4/c1-19(2,3)26-21-8-7-14(24)18-20(21)9-10-22(4)15(21)11-12-5-6-13(23)17(25-18)16(12)20/h5-6,15,18,23H,7-11H2,1-4H3/t15-,18+,20+,21-/m1/s1. The molecule has 0 amide bonds. The molecule has 26 heavy (non-hydrogen) atoms. The molecule has 5 heteroatoms. The van der Waals surface area contributed by atoms with E-state index < -0.39 is 17.1 Å². The van der Waals surface area contributed by atoms with Crippen molar-refractivity contribution >= 4 is 5.78 Å². The van der Waals surface area contributed by atoms with E-state index in [0.29, 0.717) is 18.6 Å². The molecule has 1 spiro atoms. The van der Waals surface area contributed by atoms with Crippen LogP contribution in [-0.2, 0) is 21.4 Å². The highest BCUT2D eigenvalue weighted by molar-refractivity contribution is 5.90. The molecule has 140 valence electrons. The molecular formula is C21H27NO4. The fraction of sp³-hybridized carbons (Fsp3) is 0.667. The maximum atomic E-state index is 12.9. The van der Waals surface area contributed by atoms with Crippen molar-refractivity contribution in [3.63, 3.8) is 0 Å². The van der Waals surface area contributed by atoms with Gasteiger partial charge in [-0.1, -0.05) is 6.07 Å². The molecule has 1 aromatic carbocycles. The molecule has 0 aromatic heterocycles. The summed E-state index contributed by atoms with van der Waals surface area (Å²) in [6.07, 6.45) is 2.32. The van der Waals surface area contributed by atoms with Gasteiger partial charge in [-0.25, -0.2) is 0 Å². The number of likely N-dealkylation sites (tertiary alicyclic amines) is 1. The summed E-state index contributed by atoms with van der Waals surface area (Å²) in [6, 6.07) is 3.92. The highest BCUT2D eigenvalue weighted by atomic mass is 16.5. The Labute approximate surface area is 154 Å². The second-order valence-electron chi connectivity index (χ2n) is 9.44. The molecule has 4 atom stereocenters. The molecule has 1 saturated carbocycles. The van der Waals surface area contributed by atoms with Crippen LogP contribution in [0.1, 0.15) is 51.2 Å².